The van der Waals surface area contributed by atoms with Gasteiger partial charge in [0.15, 0.2) is 0 Å². The molecule has 0 atom stereocenters. The lowest BCUT2D eigenvalue weighted by Crippen LogP contribution is -1.83. The summed E-state index contributed by atoms with van der Waals surface area (Å²) in [5, 5.41) is 0. The van der Waals surface area contributed by atoms with E-state index in [0.717, 1.165) is 12.8 Å². The van der Waals surface area contributed by atoms with Crippen LogP contribution in [0.25, 0.3) is 0 Å². The van der Waals surface area contributed by atoms with Crippen LogP contribution in [0.3, 0.4) is 0 Å². The molecule has 0 heteroatoms. The van der Waals surface area contributed by atoms with Crippen LogP contribution >= 0.6 is 0 Å². The second-order valence-corrected chi connectivity index (χ2v) is 2.94. The van der Waals surface area contributed by atoms with Gasteiger partial charge in [-0.2, -0.15) is 0 Å². The van der Waals surface area contributed by atoms with Crippen molar-refractivity contribution in [2.24, 2.45) is 0 Å². The fraction of sp³-hybridized carbons (Fsp3) is 0.231. The second kappa shape index (κ2) is 7.35. The van der Waals surface area contributed by atoms with Crippen LogP contribution < -0.4 is 0 Å². The molecule has 0 aliphatic rings. The fourth-order valence-corrected chi connectivity index (χ4v) is 1.00. The minimum atomic E-state index is 1.10. The van der Waals surface area contributed by atoms with Crippen molar-refractivity contribution in [2.75, 3.05) is 0 Å². The molecule has 0 radical (unpaired) electrons. The summed E-state index contributed by atoms with van der Waals surface area (Å²) in [6, 6.07) is 10.5. The van der Waals surface area contributed by atoms with Gasteiger partial charge < -0.3 is 0 Å². The third-order valence-electron chi connectivity index (χ3n) is 1.68. The number of rotatable bonds is 3. The quantitative estimate of drug-likeness (QED) is 0.608. The van der Waals surface area contributed by atoms with Crippen molar-refractivity contribution in [1.29, 1.82) is 0 Å². The van der Waals surface area contributed by atoms with Gasteiger partial charge in [-0.15, -0.1) is 19.7 Å². The van der Waals surface area contributed by atoms with Crippen LogP contribution in [0.5, 0.6) is 0 Å². The van der Waals surface area contributed by atoms with Gasteiger partial charge in [-0.3, -0.25) is 0 Å². The van der Waals surface area contributed by atoms with Gasteiger partial charge in [-0.25, -0.2) is 0 Å². The lowest BCUT2D eigenvalue weighted by Gasteiger charge is -1.98. The first-order valence-corrected chi connectivity index (χ1v) is 4.47. The predicted octanol–water partition coefficient (Wildman–Crippen LogP) is 4.00. The SMILES string of the molecule is C=C.C=C(C)CCc1ccccc1. The summed E-state index contributed by atoms with van der Waals surface area (Å²) in [4.78, 5) is 0. The van der Waals surface area contributed by atoms with E-state index in [1.54, 1.807) is 0 Å². The van der Waals surface area contributed by atoms with Crippen LogP contribution in [0.4, 0.5) is 0 Å². The van der Waals surface area contributed by atoms with Crippen LogP contribution in [-0.2, 0) is 6.42 Å². The Morgan fingerprint density at radius 3 is 2.15 bits per heavy atom. The zero-order valence-corrected chi connectivity index (χ0v) is 8.42. The van der Waals surface area contributed by atoms with E-state index < -0.39 is 0 Å². The predicted molar refractivity (Wildman–Crippen MR) is 60.8 cm³/mol. The second-order valence-electron chi connectivity index (χ2n) is 2.94. The molecule has 1 rings (SSSR count). The maximum Gasteiger partial charge on any atom is -0.0242 e. The van der Waals surface area contributed by atoms with Crippen molar-refractivity contribution in [3.8, 4) is 0 Å². The van der Waals surface area contributed by atoms with E-state index in [9.17, 15) is 0 Å². The van der Waals surface area contributed by atoms with Gasteiger partial charge in [0.25, 0.3) is 0 Å². The minimum absolute atomic E-state index is 1.10. The molecular formula is C13H18. The van der Waals surface area contributed by atoms with E-state index in [-0.39, 0.29) is 0 Å². The molecule has 0 amide bonds. The fourth-order valence-electron chi connectivity index (χ4n) is 1.00. The number of benzene rings is 1. The molecular weight excluding hydrogens is 156 g/mol. The first kappa shape index (κ1) is 11.7. The summed E-state index contributed by atoms with van der Waals surface area (Å²) in [5.74, 6) is 0. The molecule has 1 aromatic carbocycles. The van der Waals surface area contributed by atoms with Crippen LogP contribution in [0.1, 0.15) is 18.9 Å². The smallest absolute Gasteiger partial charge is 0.0242 e. The molecule has 0 heterocycles. The van der Waals surface area contributed by atoms with Crippen molar-refractivity contribution in [1.82, 2.24) is 0 Å². The Hall–Kier alpha value is -1.30. The Labute approximate surface area is 81.6 Å². The van der Waals surface area contributed by atoms with Crippen molar-refractivity contribution in [2.45, 2.75) is 19.8 Å². The molecule has 0 aromatic heterocycles. The molecule has 70 valence electrons. The number of hydrogen-bond donors (Lipinski definition) is 0. The highest BCUT2D eigenvalue weighted by molar-refractivity contribution is 5.15. The van der Waals surface area contributed by atoms with Gasteiger partial charge in [0.2, 0.25) is 0 Å². The monoisotopic (exact) mass is 174 g/mol. The number of hydrogen-bond acceptors (Lipinski definition) is 0. The molecule has 0 spiro atoms. The summed E-state index contributed by atoms with van der Waals surface area (Å²) in [7, 11) is 0. The molecule has 0 saturated carbocycles. The Morgan fingerprint density at radius 1 is 1.15 bits per heavy atom. The molecule has 1 aromatic rings. The van der Waals surface area contributed by atoms with E-state index >= 15 is 0 Å². The van der Waals surface area contributed by atoms with Gasteiger partial charge in [0.05, 0.1) is 0 Å². The third kappa shape index (κ3) is 5.92. The molecule has 0 saturated heterocycles. The standard InChI is InChI=1S/C11H14.C2H4/c1-10(2)8-9-11-6-4-3-5-7-11;1-2/h3-7H,1,8-9H2,2H3;1-2H2. The average molecular weight is 174 g/mol. The van der Waals surface area contributed by atoms with Gasteiger partial charge in [0.1, 0.15) is 0 Å². The summed E-state index contributed by atoms with van der Waals surface area (Å²) < 4.78 is 0. The first-order valence-electron chi connectivity index (χ1n) is 4.47. The summed E-state index contributed by atoms with van der Waals surface area (Å²) >= 11 is 0. The van der Waals surface area contributed by atoms with Gasteiger partial charge in [-0.1, -0.05) is 35.9 Å². The van der Waals surface area contributed by atoms with E-state index in [1.165, 1.54) is 11.1 Å². The Kier molecular flexibility index (Phi) is 6.62. The van der Waals surface area contributed by atoms with E-state index in [2.05, 4.69) is 50.9 Å². The topological polar surface area (TPSA) is 0 Å². The van der Waals surface area contributed by atoms with E-state index in [0.29, 0.717) is 0 Å². The molecule has 0 N–H and O–H groups in total. The molecule has 0 bridgehead atoms. The maximum absolute atomic E-state index is 3.87. The molecule has 0 nitrogen and oxygen atoms in total. The largest absolute Gasteiger partial charge is 0.106 e. The van der Waals surface area contributed by atoms with Crippen molar-refractivity contribution in [3.05, 3.63) is 61.2 Å². The van der Waals surface area contributed by atoms with Gasteiger partial charge in [0, 0.05) is 0 Å². The van der Waals surface area contributed by atoms with Crippen LogP contribution in [0.15, 0.2) is 55.6 Å². The van der Waals surface area contributed by atoms with Crippen molar-refractivity contribution in [3.63, 3.8) is 0 Å². The van der Waals surface area contributed by atoms with Gasteiger partial charge in [-0.05, 0) is 25.3 Å². The Bertz CT molecular complexity index is 233. The summed E-state index contributed by atoms with van der Waals surface area (Å²) in [6.45, 7) is 11.9. The van der Waals surface area contributed by atoms with Crippen LogP contribution in [-0.4, -0.2) is 0 Å². The highest BCUT2D eigenvalue weighted by Gasteiger charge is 1.90. The van der Waals surface area contributed by atoms with Crippen molar-refractivity contribution >= 4 is 0 Å². The molecule has 0 fully saturated rings. The molecule has 0 aliphatic carbocycles. The lowest BCUT2D eigenvalue weighted by atomic mass is 10.1. The zero-order valence-electron chi connectivity index (χ0n) is 8.42. The molecule has 0 unspecified atom stereocenters. The first-order chi connectivity index (χ1) is 6.29. The highest BCUT2D eigenvalue weighted by Crippen LogP contribution is 2.06. The van der Waals surface area contributed by atoms with Crippen LogP contribution in [0.2, 0.25) is 0 Å². The van der Waals surface area contributed by atoms with E-state index in [1.807, 2.05) is 6.07 Å². The maximum atomic E-state index is 3.87. The highest BCUT2D eigenvalue weighted by atomic mass is 14.0. The molecule has 0 aliphatic heterocycles. The summed E-state index contributed by atoms with van der Waals surface area (Å²) in [6.07, 6.45) is 2.22. The summed E-state index contributed by atoms with van der Waals surface area (Å²) in [5.41, 5.74) is 2.66. The lowest BCUT2D eigenvalue weighted by molar-refractivity contribution is 0.946. The van der Waals surface area contributed by atoms with Gasteiger partial charge >= 0.3 is 0 Å². The third-order valence-corrected chi connectivity index (χ3v) is 1.68. The molecule has 13 heavy (non-hydrogen) atoms. The average Bonchev–Trinajstić information content (AvgIpc) is 2.19. The Morgan fingerprint density at radius 2 is 1.69 bits per heavy atom. The normalized spacial score (nSPS) is 8.38. The van der Waals surface area contributed by atoms with Crippen molar-refractivity contribution < 1.29 is 0 Å². The number of aryl methyl sites for hydroxylation is 1. The zero-order chi connectivity index (χ0) is 10.1. The van der Waals surface area contributed by atoms with Crippen LogP contribution in [0, 0.1) is 0 Å². The Balaban J connectivity index is 0.000000671. The van der Waals surface area contributed by atoms with E-state index in [4.69, 9.17) is 0 Å². The number of allylic oxidation sites excluding steroid dienone is 1. The minimum Gasteiger partial charge on any atom is -0.106 e.